The number of unbranched alkanes of at least 4 members (excludes halogenated alkanes) is 1. The van der Waals surface area contributed by atoms with Crippen LogP contribution in [0, 0.1) is 13.8 Å². The van der Waals surface area contributed by atoms with Gasteiger partial charge in [-0.3, -0.25) is 14.3 Å². The molecule has 148 valence electrons. The highest BCUT2D eigenvalue weighted by molar-refractivity contribution is 7.18. The van der Waals surface area contributed by atoms with Crippen LogP contribution in [-0.2, 0) is 16.1 Å². The van der Waals surface area contributed by atoms with Gasteiger partial charge < -0.3 is 4.74 Å². The normalized spacial score (nSPS) is 16.1. The molecule has 3 rings (SSSR count). The Hall–Kier alpha value is -1.73. The number of rotatable bonds is 7. The Morgan fingerprint density at radius 3 is 2.67 bits per heavy atom. The molecule has 0 aliphatic carbocycles. The van der Waals surface area contributed by atoms with Crippen LogP contribution in [0.15, 0.2) is 4.79 Å². The summed E-state index contributed by atoms with van der Waals surface area (Å²) in [7, 11) is 0. The van der Waals surface area contributed by atoms with E-state index < -0.39 is 6.04 Å². The molecule has 6 nitrogen and oxygen atoms in total. The van der Waals surface area contributed by atoms with Gasteiger partial charge in [-0.1, -0.05) is 13.3 Å². The Morgan fingerprint density at radius 1 is 1.30 bits per heavy atom. The van der Waals surface area contributed by atoms with Crippen LogP contribution in [0.25, 0.3) is 10.2 Å². The summed E-state index contributed by atoms with van der Waals surface area (Å²) in [6, 6.07) is -0.677. The third-order valence-electron chi connectivity index (χ3n) is 5.34. The van der Waals surface area contributed by atoms with Gasteiger partial charge in [0.1, 0.15) is 16.7 Å². The van der Waals surface area contributed by atoms with Crippen molar-refractivity contribution in [2.75, 3.05) is 19.7 Å². The first kappa shape index (κ1) is 20.0. The molecule has 1 unspecified atom stereocenters. The molecule has 2 aromatic rings. The van der Waals surface area contributed by atoms with Crippen molar-refractivity contribution < 1.29 is 9.53 Å². The molecule has 1 aliphatic heterocycles. The van der Waals surface area contributed by atoms with Crippen molar-refractivity contribution in [1.29, 1.82) is 0 Å². The van der Waals surface area contributed by atoms with Crippen molar-refractivity contribution in [3.05, 3.63) is 26.6 Å². The van der Waals surface area contributed by atoms with Gasteiger partial charge in [-0.15, -0.1) is 11.3 Å². The largest absolute Gasteiger partial charge is 0.464 e. The minimum atomic E-state index is -0.677. The number of likely N-dealkylation sites (tertiary alicyclic amines) is 1. The van der Waals surface area contributed by atoms with E-state index >= 15 is 0 Å². The Balaban J connectivity index is 2.03. The summed E-state index contributed by atoms with van der Waals surface area (Å²) in [5.41, 5.74) is 0.830. The van der Waals surface area contributed by atoms with Crippen LogP contribution in [0.3, 0.4) is 0 Å². The third-order valence-corrected chi connectivity index (χ3v) is 6.44. The van der Waals surface area contributed by atoms with E-state index in [-0.39, 0.29) is 11.5 Å². The number of thiophene rings is 1. The molecule has 27 heavy (non-hydrogen) atoms. The summed E-state index contributed by atoms with van der Waals surface area (Å²) >= 11 is 1.55. The standard InChI is InChI=1S/C20H29N3O3S/c1-5-6-11-26-20(25)14(3)23-16(12-22-9-7-8-10-22)21-18-17(19(23)24)13(2)15(4)27-18/h14H,5-12H2,1-4H3. The van der Waals surface area contributed by atoms with Crippen molar-refractivity contribution in [3.8, 4) is 0 Å². The van der Waals surface area contributed by atoms with Crippen LogP contribution >= 0.6 is 11.3 Å². The van der Waals surface area contributed by atoms with Crippen LogP contribution in [0.5, 0.6) is 0 Å². The molecule has 0 N–H and O–H groups in total. The van der Waals surface area contributed by atoms with Gasteiger partial charge >= 0.3 is 5.97 Å². The molecule has 3 heterocycles. The predicted molar refractivity (Wildman–Crippen MR) is 108 cm³/mol. The number of nitrogens with zero attached hydrogens (tertiary/aromatic N) is 3. The quantitative estimate of drug-likeness (QED) is 0.533. The molecule has 0 amide bonds. The Bertz CT molecular complexity index is 881. The van der Waals surface area contributed by atoms with Crippen molar-refractivity contribution in [3.63, 3.8) is 0 Å². The summed E-state index contributed by atoms with van der Waals surface area (Å²) in [6.45, 7) is 10.7. The van der Waals surface area contributed by atoms with Crippen molar-refractivity contribution >= 4 is 27.5 Å². The molecule has 7 heteroatoms. The molecule has 0 bridgehead atoms. The van der Waals surface area contributed by atoms with Gasteiger partial charge in [-0.2, -0.15) is 0 Å². The van der Waals surface area contributed by atoms with Gasteiger partial charge in [0.25, 0.3) is 5.56 Å². The topological polar surface area (TPSA) is 64.4 Å². The molecule has 1 aliphatic rings. The predicted octanol–water partition coefficient (Wildman–Crippen LogP) is 3.57. The summed E-state index contributed by atoms with van der Waals surface area (Å²) in [5.74, 6) is 0.301. The molecular weight excluding hydrogens is 362 g/mol. The average molecular weight is 392 g/mol. The molecule has 0 aromatic carbocycles. The molecule has 0 spiro atoms. The third kappa shape index (κ3) is 4.09. The molecule has 1 saturated heterocycles. The van der Waals surface area contributed by atoms with Crippen LogP contribution in [0.4, 0.5) is 0 Å². The van der Waals surface area contributed by atoms with E-state index in [9.17, 15) is 9.59 Å². The highest BCUT2D eigenvalue weighted by Gasteiger charge is 2.26. The number of hydrogen-bond acceptors (Lipinski definition) is 6. The van der Waals surface area contributed by atoms with E-state index in [1.807, 2.05) is 13.8 Å². The van der Waals surface area contributed by atoms with Crippen LogP contribution in [0.1, 0.15) is 61.8 Å². The minimum Gasteiger partial charge on any atom is -0.464 e. The summed E-state index contributed by atoms with van der Waals surface area (Å²) in [6.07, 6.45) is 4.12. The second kappa shape index (κ2) is 8.52. The van der Waals surface area contributed by atoms with E-state index in [1.54, 1.807) is 22.8 Å². The number of aromatic nitrogens is 2. The van der Waals surface area contributed by atoms with Gasteiger partial charge in [-0.05, 0) is 58.7 Å². The maximum absolute atomic E-state index is 13.3. The maximum atomic E-state index is 13.3. The highest BCUT2D eigenvalue weighted by atomic mass is 32.1. The lowest BCUT2D eigenvalue weighted by atomic mass is 10.2. The lowest BCUT2D eigenvalue weighted by Crippen LogP contribution is -2.35. The molecule has 2 aromatic heterocycles. The van der Waals surface area contributed by atoms with E-state index in [0.717, 1.165) is 54.0 Å². The van der Waals surface area contributed by atoms with Gasteiger partial charge in [0.2, 0.25) is 0 Å². The molecule has 1 atom stereocenters. The number of fused-ring (bicyclic) bond motifs is 1. The molecule has 0 saturated carbocycles. The average Bonchev–Trinajstić information content (AvgIpc) is 3.23. The Morgan fingerprint density at radius 2 is 2.00 bits per heavy atom. The Labute approximate surface area is 164 Å². The molecular formula is C20H29N3O3S. The fourth-order valence-electron chi connectivity index (χ4n) is 3.54. The van der Waals surface area contributed by atoms with E-state index in [0.29, 0.717) is 24.4 Å². The first-order chi connectivity index (χ1) is 12.9. The second-order valence-electron chi connectivity index (χ2n) is 7.35. The number of esters is 1. The second-order valence-corrected chi connectivity index (χ2v) is 8.55. The lowest BCUT2D eigenvalue weighted by Gasteiger charge is -2.21. The first-order valence-electron chi connectivity index (χ1n) is 9.84. The van der Waals surface area contributed by atoms with E-state index in [1.165, 1.54) is 0 Å². The van der Waals surface area contributed by atoms with Gasteiger partial charge in [0.05, 0.1) is 18.5 Å². The Kier molecular flexibility index (Phi) is 6.32. The number of carbonyl (C=O) groups is 1. The zero-order valence-electron chi connectivity index (χ0n) is 16.7. The zero-order valence-corrected chi connectivity index (χ0v) is 17.5. The van der Waals surface area contributed by atoms with Crippen molar-refractivity contribution in [2.45, 2.75) is 66.0 Å². The minimum absolute atomic E-state index is 0.129. The van der Waals surface area contributed by atoms with Crippen LogP contribution in [0.2, 0.25) is 0 Å². The van der Waals surface area contributed by atoms with Gasteiger partial charge in [-0.25, -0.2) is 9.78 Å². The zero-order chi connectivity index (χ0) is 19.6. The van der Waals surface area contributed by atoms with Gasteiger partial charge in [0, 0.05) is 4.88 Å². The monoisotopic (exact) mass is 391 g/mol. The smallest absolute Gasteiger partial charge is 0.329 e. The molecule has 0 radical (unpaired) electrons. The SMILES string of the molecule is CCCCOC(=O)C(C)n1c(CN2CCCC2)nc2sc(C)c(C)c2c1=O. The van der Waals surface area contributed by atoms with Crippen molar-refractivity contribution in [2.24, 2.45) is 0 Å². The van der Waals surface area contributed by atoms with E-state index in [2.05, 4.69) is 11.8 Å². The lowest BCUT2D eigenvalue weighted by molar-refractivity contribution is -0.147. The molecule has 1 fully saturated rings. The highest BCUT2D eigenvalue weighted by Crippen LogP contribution is 2.27. The van der Waals surface area contributed by atoms with Crippen LogP contribution < -0.4 is 5.56 Å². The van der Waals surface area contributed by atoms with Crippen LogP contribution in [-0.4, -0.2) is 40.1 Å². The summed E-state index contributed by atoms with van der Waals surface area (Å²) < 4.78 is 6.95. The fraction of sp³-hybridized carbons (Fsp3) is 0.650. The van der Waals surface area contributed by atoms with Gasteiger partial charge in [0.15, 0.2) is 0 Å². The number of hydrogen-bond donors (Lipinski definition) is 0. The van der Waals surface area contributed by atoms with E-state index in [4.69, 9.17) is 9.72 Å². The summed E-state index contributed by atoms with van der Waals surface area (Å²) in [5, 5.41) is 0.635. The first-order valence-corrected chi connectivity index (χ1v) is 10.7. The van der Waals surface area contributed by atoms with Crippen molar-refractivity contribution in [1.82, 2.24) is 14.5 Å². The summed E-state index contributed by atoms with van der Waals surface area (Å²) in [4.78, 5) is 34.9. The fourth-order valence-corrected chi connectivity index (χ4v) is 4.58. The number of ether oxygens (including phenoxy) is 1. The number of carbonyl (C=O) groups excluding carboxylic acids is 1. The number of aryl methyl sites for hydroxylation is 2. The maximum Gasteiger partial charge on any atom is 0.329 e.